The molecule has 0 aliphatic rings. The minimum absolute atomic E-state index is 0.0547. The van der Waals surface area contributed by atoms with Crippen LogP contribution in [0.5, 0.6) is 0 Å². The fourth-order valence-electron chi connectivity index (χ4n) is 7.31. The van der Waals surface area contributed by atoms with E-state index < -0.39 is 32.5 Å². The summed E-state index contributed by atoms with van der Waals surface area (Å²) >= 11 is 0. The Balaban J connectivity index is 4.34. The van der Waals surface area contributed by atoms with E-state index in [0.717, 1.165) is 122 Å². The van der Waals surface area contributed by atoms with E-state index in [4.69, 9.17) is 18.5 Å². The molecule has 0 aliphatic heterocycles. The van der Waals surface area contributed by atoms with Crippen LogP contribution in [0, 0.1) is 0 Å². The molecule has 0 aromatic rings. The predicted molar refractivity (Wildman–Crippen MR) is 341 cm³/mol. The molecule has 0 heterocycles. The molecular formula is C70H110NO8P. The molecule has 10 heteroatoms. The van der Waals surface area contributed by atoms with E-state index in [2.05, 4.69) is 190 Å². The van der Waals surface area contributed by atoms with Gasteiger partial charge in [0.1, 0.15) is 19.8 Å². The first kappa shape index (κ1) is 75.1. The highest BCUT2D eigenvalue weighted by Gasteiger charge is 2.21. The van der Waals surface area contributed by atoms with Crippen molar-refractivity contribution in [3.8, 4) is 0 Å². The molecule has 0 saturated heterocycles. The Labute approximate surface area is 489 Å². The number of phosphoric ester groups is 1. The third kappa shape index (κ3) is 62.3. The van der Waals surface area contributed by atoms with Crippen molar-refractivity contribution in [1.82, 2.24) is 0 Å². The molecule has 0 amide bonds. The monoisotopic (exact) mass is 1120 g/mol. The minimum Gasteiger partial charge on any atom is -0.756 e. The number of nitrogens with zero attached hydrogens (tertiary/aromatic N) is 1. The molecule has 2 atom stereocenters. The topological polar surface area (TPSA) is 111 Å². The quantitative estimate of drug-likeness (QED) is 0.0195. The molecule has 80 heavy (non-hydrogen) atoms. The van der Waals surface area contributed by atoms with Gasteiger partial charge in [0.05, 0.1) is 27.7 Å². The van der Waals surface area contributed by atoms with Gasteiger partial charge in [0, 0.05) is 12.8 Å². The van der Waals surface area contributed by atoms with E-state index >= 15 is 0 Å². The lowest BCUT2D eigenvalue weighted by molar-refractivity contribution is -0.870. The van der Waals surface area contributed by atoms with Crippen molar-refractivity contribution in [2.45, 2.75) is 200 Å². The number of rotatable bonds is 53. The summed E-state index contributed by atoms with van der Waals surface area (Å²) in [4.78, 5) is 37.9. The Kier molecular flexibility index (Phi) is 55.2. The number of likely N-dealkylation sites (N-methyl/N-ethyl adjacent to an activating group) is 1. The van der Waals surface area contributed by atoms with E-state index in [0.29, 0.717) is 30.3 Å². The van der Waals surface area contributed by atoms with Crippen LogP contribution in [0.3, 0.4) is 0 Å². The lowest BCUT2D eigenvalue weighted by Crippen LogP contribution is -2.37. The van der Waals surface area contributed by atoms with Crippen molar-refractivity contribution in [3.05, 3.63) is 182 Å². The third-order valence-corrected chi connectivity index (χ3v) is 12.9. The molecule has 0 saturated carbocycles. The summed E-state index contributed by atoms with van der Waals surface area (Å²) in [5.41, 5.74) is 0. The van der Waals surface area contributed by atoms with Crippen molar-refractivity contribution in [1.29, 1.82) is 0 Å². The molecule has 0 spiro atoms. The van der Waals surface area contributed by atoms with Crippen molar-refractivity contribution in [3.63, 3.8) is 0 Å². The number of hydrogen-bond donors (Lipinski definition) is 0. The van der Waals surface area contributed by atoms with Crippen LogP contribution in [-0.2, 0) is 32.7 Å². The molecule has 0 aromatic carbocycles. The largest absolute Gasteiger partial charge is 0.756 e. The predicted octanol–water partition coefficient (Wildman–Crippen LogP) is 19.0. The van der Waals surface area contributed by atoms with E-state index in [1.165, 1.54) is 25.7 Å². The van der Waals surface area contributed by atoms with Crippen LogP contribution >= 0.6 is 7.82 Å². The summed E-state index contributed by atoms with van der Waals surface area (Å²) in [5, 5.41) is 0. The van der Waals surface area contributed by atoms with Crippen molar-refractivity contribution >= 4 is 19.8 Å². The standard InChI is InChI=1S/C70H110NO8P/c1-6-8-10-12-14-16-18-20-22-24-26-28-30-32-34-35-37-39-41-43-45-47-49-51-53-55-57-59-61-63-70(73)79-68(67-78-80(74,75)77-65-64-71(3,4)5)66-76-69(72)62-60-58-56-54-52-50-48-46-44-42-40-38-36-33-31-29-27-25-23-21-19-17-15-13-11-9-7-2/h8-11,14-17,20-23,26-29,32-34,36-37,39-40,42-43,45,49,51,55,57,68H,6-7,12-13,18-19,24-25,30-31,35,38,41,44,46-48,50,52-54,56,58-67H2,1-5H3/b10-8-,11-9-,16-14-,17-15-,22-20-,23-21-,28-26-,29-27-,34-32-,36-33-,39-37-,42-40-,45-43-,51-49-,57-55-. The van der Waals surface area contributed by atoms with Crippen molar-refractivity contribution in [2.75, 3.05) is 47.5 Å². The molecule has 9 nitrogen and oxygen atoms in total. The molecular weight excluding hydrogens is 1010 g/mol. The van der Waals surface area contributed by atoms with Gasteiger partial charge in [-0.05, 0) is 128 Å². The summed E-state index contributed by atoms with van der Waals surface area (Å²) in [5.74, 6) is -0.930. The molecule has 0 N–H and O–H groups in total. The second kappa shape index (κ2) is 58.8. The number of esters is 2. The average Bonchev–Trinajstić information content (AvgIpc) is 3.42. The number of phosphoric acid groups is 1. The van der Waals surface area contributed by atoms with Gasteiger partial charge in [-0.2, -0.15) is 0 Å². The molecule has 0 fully saturated rings. The molecule has 0 aliphatic carbocycles. The number of unbranched alkanes of at least 4 members (excludes halogenated alkanes) is 9. The normalized spacial score (nSPS) is 14.5. The second-order valence-electron chi connectivity index (χ2n) is 20.6. The van der Waals surface area contributed by atoms with E-state index in [9.17, 15) is 19.0 Å². The van der Waals surface area contributed by atoms with Crippen molar-refractivity contribution in [2.24, 2.45) is 0 Å². The lowest BCUT2D eigenvalue weighted by Gasteiger charge is -2.28. The summed E-state index contributed by atoms with van der Waals surface area (Å²) < 4.78 is 34.1. The minimum atomic E-state index is -4.67. The van der Waals surface area contributed by atoms with Crippen LogP contribution in [0.1, 0.15) is 194 Å². The van der Waals surface area contributed by atoms with Crippen LogP contribution in [0.4, 0.5) is 0 Å². The second-order valence-corrected chi connectivity index (χ2v) is 22.0. The van der Waals surface area contributed by atoms with E-state index in [-0.39, 0.29) is 26.1 Å². The van der Waals surface area contributed by atoms with Gasteiger partial charge in [-0.3, -0.25) is 14.2 Å². The number of hydrogen-bond acceptors (Lipinski definition) is 8. The zero-order valence-corrected chi connectivity index (χ0v) is 51.6. The van der Waals surface area contributed by atoms with Crippen LogP contribution in [0.2, 0.25) is 0 Å². The van der Waals surface area contributed by atoms with E-state index in [1.54, 1.807) is 0 Å². The molecule has 0 rings (SSSR count). The van der Waals surface area contributed by atoms with Gasteiger partial charge in [0.15, 0.2) is 6.10 Å². The van der Waals surface area contributed by atoms with E-state index in [1.807, 2.05) is 27.2 Å². The first-order chi connectivity index (χ1) is 39.0. The zero-order valence-electron chi connectivity index (χ0n) is 50.7. The smallest absolute Gasteiger partial charge is 0.306 e. The summed E-state index contributed by atoms with van der Waals surface area (Å²) in [6, 6.07) is 0. The van der Waals surface area contributed by atoms with Gasteiger partial charge < -0.3 is 27.9 Å². The highest BCUT2D eigenvalue weighted by atomic mass is 31.2. The number of carbonyl (C=O) groups excluding carboxylic acids is 2. The lowest BCUT2D eigenvalue weighted by atomic mass is 10.1. The fraction of sp³-hybridized carbons (Fsp3) is 0.543. The molecule has 448 valence electrons. The Bertz CT molecular complexity index is 2000. The van der Waals surface area contributed by atoms with Gasteiger partial charge in [0.2, 0.25) is 0 Å². The highest BCUT2D eigenvalue weighted by molar-refractivity contribution is 7.45. The fourth-order valence-corrected chi connectivity index (χ4v) is 8.03. The average molecular weight is 1120 g/mol. The SMILES string of the molecule is CC/C=C\C/C=C\C/C=C\C/C=C\C/C=C\C/C=C\C/C=C\C/C=C\C/C=C\CCCC(=O)OC(COC(=O)CCCCCCCCCC/C=C\C/C=C\C/C=C\C/C=C\C/C=C\C/C=C\CC)COP(=O)([O-])OCC[N+](C)(C)C. The Morgan fingerprint density at radius 1 is 0.388 bits per heavy atom. The van der Waals surface area contributed by atoms with Gasteiger partial charge in [0.25, 0.3) is 7.82 Å². The summed E-state index contributed by atoms with van der Waals surface area (Å²) in [6.07, 6.45) is 90.9. The van der Waals surface area contributed by atoms with Crippen LogP contribution in [-0.4, -0.2) is 70.0 Å². The number of ether oxygens (including phenoxy) is 2. The van der Waals surface area contributed by atoms with Crippen LogP contribution in [0.15, 0.2) is 182 Å². The van der Waals surface area contributed by atoms with Gasteiger partial charge in [-0.1, -0.05) is 235 Å². The number of quaternary nitrogens is 1. The molecule has 0 aromatic heterocycles. The maximum atomic E-state index is 12.8. The molecule has 0 radical (unpaired) electrons. The molecule has 0 bridgehead atoms. The third-order valence-electron chi connectivity index (χ3n) is 11.9. The Morgan fingerprint density at radius 2 is 0.688 bits per heavy atom. The highest BCUT2D eigenvalue weighted by Crippen LogP contribution is 2.38. The Morgan fingerprint density at radius 3 is 1.04 bits per heavy atom. The first-order valence-corrected chi connectivity index (χ1v) is 32.0. The molecule has 2 unspecified atom stereocenters. The van der Waals surface area contributed by atoms with Crippen LogP contribution < -0.4 is 4.89 Å². The number of allylic oxidation sites excluding steroid dienone is 30. The summed E-state index contributed by atoms with van der Waals surface area (Å²) in [6.45, 7) is 3.90. The van der Waals surface area contributed by atoms with Gasteiger partial charge in [-0.25, -0.2) is 0 Å². The first-order valence-electron chi connectivity index (χ1n) is 30.5. The summed E-state index contributed by atoms with van der Waals surface area (Å²) in [7, 11) is 1.09. The number of carbonyl (C=O) groups is 2. The Hall–Kier alpha value is -4.89. The zero-order chi connectivity index (χ0) is 58.4. The van der Waals surface area contributed by atoms with Gasteiger partial charge >= 0.3 is 11.9 Å². The maximum Gasteiger partial charge on any atom is 0.306 e. The maximum absolute atomic E-state index is 12.8. The van der Waals surface area contributed by atoms with Crippen LogP contribution in [0.25, 0.3) is 0 Å². The van der Waals surface area contributed by atoms with Crippen molar-refractivity contribution < 1.29 is 42.1 Å². The van der Waals surface area contributed by atoms with Gasteiger partial charge in [-0.15, -0.1) is 0 Å².